The maximum absolute atomic E-state index is 12.9. The second-order valence-corrected chi connectivity index (χ2v) is 5.81. The van der Waals surface area contributed by atoms with Crippen LogP contribution in [-0.2, 0) is 6.18 Å². The molecule has 0 saturated carbocycles. The van der Waals surface area contributed by atoms with Crippen molar-refractivity contribution in [2.24, 2.45) is 10.1 Å². The molecule has 0 spiro atoms. The summed E-state index contributed by atoms with van der Waals surface area (Å²) in [6.07, 6.45) is -2.20. The molecule has 0 atom stereocenters. The summed E-state index contributed by atoms with van der Waals surface area (Å²) in [4.78, 5) is 4.34. The van der Waals surface area contributed by atoms with Gasteiger partial charge in [-0.2, -0.15) is 18.3 Å². The first kappa shape index (κ1) is 18.8. The lowest BCUT2D eigenvalue weighted by molar-refractivity contribution is -0.137. The second kappa shape index (κ2) is 7.69. The van der Waals surface area contributed by atoms with Crippen molar-refractivity contribution < 1.29 is 22.6 Å². The van der Waals surface area contributed by atoms with E-state index in [1.807, 2.05) is 6.07 Å². The molecule has 0 fully saturated rings. The number of halogens is 3. The summed E-state index contributed by atoms with van der Waals surface area (Å²) in [7, 11) is 3.11. The smallest absolute Gasteiger partial charge is 0.416 e. The van der Waals surface area contributed by atoms with E-state index in [-0.39, 0.29) is 0 Å². The van der Waals surface area contributed by atoms with Crippen molar-refractivity contribution in [3.63, 3.8) is 0 Å². The van der Waals surface area contributed by atoms with Crippen LogP contribution in [0.15, 0.2) is 52.6 Å². The van der Waals surface area contributed by atoms with E-state index in [1.165, 1.54) is 11.1 Å². The van der Waals surface area contributed by atoms with Gasteiger partial charge in [0.05, 0.1) is 25.5 Å². The molecular weight excluding hydrogens is 359 g/mol. The van der Waals surface area contributed by atoms with Gasteiger partial charge in [-0.3, -0.25) is 5.01 Å². The monoisotopic (exact) mass is 377 g/mol. The summed E-state index contributed by atoms with van der Waals surface area (Å²) in [6, 6.07) is 10.5. The highest BCUT2D eigenvalue weighted by atomic mass is 19.4. The van der Waals surface area contributed by atoms with Crippen molar-refractivity contribution in [2.45, 2.75) is 12.6 Å². The molecule has 1 aliphatic rings. The van der Waals surface area contributed by atoms with E-state index >= 15 is 0 Å². The van der Waals surface area contributed by atoms with E-state index in [0.29, 0.717) is 36.0 Å². The maximum Gasteiger partial charge on any atom is 0.416 e. The molecule has 0 unspecified atom stereocenters. The van der Waals surface area contributed by atoms with Crippen molar-refractivity contribution in [3.05, 3.63) is 53.6 Å². The number of nitrogens with zero attached hydrogens (tertiary/aromatic N) is 3. The number of benzene rings is 2. The molecule has 0 aromatic heterocycles. The fourth-order valence-electron chi connectivity index (χ4n) is 2.65. The van der Waals surface area contributed by atoms with Crippen LogP contribution in [-0.4, -0.2) is 32.8 Å². The van der Waals surface area contributed by atoms with Gasteiger partial charge in [-0.15, -0.1) is 0 Å². The molecular formula is C19H18F3N3O2. The van der Waals surface area contributed by atoms with Crippen LogP contribution < -0.4 is 14.5 Å². The molecule has 1 aliphatic heterocycles. The van der Waals surface area contributed by atoms with Gasteiger partial charge >= 0.3 is 6.18 Å². The predicted molar refractivity (Wildman–Crippen MR) is 98.0 cm³/mol. The minimum atomic E-state index is -4.38. The van der Waals surface area contributed by atoms with Crippen molar-refractivity contribution in [2.75, 3.05) is 25.8 Å². The van der Waals surface area contributed by atoms with Crippen LogP contribution in [0.2, 0.25) is 0 Å². The third-order valence-corrected chi connectivity index (χ3v) is 4.03. The minimum Gasteiger partial charge on any atom is -0.493 e. The van der Waals surface area contributed by atoms with Crippen molar-refractivity contribution in [3.8, 4) is 11.5 Å². The molecule has 0 bridgehead atoms. The summed E-state index contributed by atoms with van der Waals surface area (Å²) in [5, 5.41) is 5.83. The van der Waals surface area contributed by atoms with E-state index in [4.69, 9.17) is 9.47 Å². The summed E-state index contributed by atoms with van der Waals surface area (Å²) >= 11 is 0. The van der Waals surface area contributed by atoms with Gasteiger partial charge in [-0.25, -0.2) is 4.99 Å². The molecule has 142 valence electrons. The Labute approximate surface area is 154 Å². The minimum absolute atomic E-state index is 0.390. The first-order chi connectivity index (χ1) is 12.9. The van der Waals surface area contributed by atoms with E-state index in [0.717, 1.165) is 17.7 Å². The number of alkyl halides is 3. The lowest BCUT2D eigenvalue weighted by Gasteiger charge is -2.15. The number of rotatable bonds is 4. The first-order valence-electron chi connectivity index (χ1n) is 8.19. The van der Waals surface area contributed by atoms with Crippen molar-refractivity contribution in [1.82, 2.24) is 0 Å². The molecule has 0 N–H and O–H groups in total. The Kier molecular flexibility index (Phi) is 5.34. The highest BCUT2D eigenvalue weighted by Gasteiger charge is 2.31. The Morgan fingerprint density at radius 1 is 1.07 bits per heavy atom. The average molecular weight is 377 g/mol. The molecule has 0 amide bonds. The predicted octanol–water partition coefficient (Wildman–Crippen LogP) is 4.37. The van der Waals surface area contributed by atoms with Crippen LogP contribution in [0, 0.1) is 0 Å². The van der Waals surface area contributed by atoms with Crippen molar-refractivity contribution in [1.29, 1.82) is 0 Å². The molecule has 0 saturated heterocycles. The van der Waals surface area contributed by atoms with Gasteiger partial charge in [0, 0.05) is 19.2 Å². The first-order valence-corrected chi connectivity index (χ1v) is 8.19. The van der Waals surface area contributed by atoms with Crippen LogP contribution in [0.4, 0.5) is 18.9 Å². The number of hydrogen-bond acceptors (Lipinski definition) is 5. The Morgan fingerprint density at radius 2 is 1.85 bits per heavy atom. The van der Waals surface area contributed by atoms with Crippen LogP contribution >= 0.6 is 0 Å². The zero-order chi connectivity index (χ0) is 19.4. The number of aliphatic imine (C=N–C) groups is 1. The van der Waals surface area contributed by atoms with Crippen LogP contribution in [0.5, 0.6) is 11.5 Å². The summed E-state index contributed by atoms with van der Waals surface area (Å²) in [5.74, 6) is 1.74. The fourth-order valence-corrected chi connectivity index (χ4v) is 2.65. The summed E-state index contributed by atoms with van der Waals surface area (Å²) in [6.45, 7) is 0.472. The summed E-state index contributed by atoms with van der Waals surface area (Å²) < 4.78 is 49.0. The molecule has 0 aliphatic carbocycles. The number of ether oxygens (including phenoxy) is 2. The molecule has 3 rings (SSSR count). The fraction of sp³-hybridized carbons (Fsp3) is 0.263. The normalized spacial score (nSPS) is 14.6. The zero-order valence-electron chi connectivity index (χ0n) is 14.8. The highest BCUT2D eigenvalue weighted by molar-refractivity contribution is 5.96. The number of hydrazone groups is 1. The van der Waals surface area contributed by atoms with Crippen LogP contribution in [0.3, 0.4) is 0 Å². The third kappa shape index (κ3) is 4.39. The molecule has 2 aromatic carbocycles. The van der Waals surface area contributed by atoms with Crippen LogP contribution in [0.25, 0.3) is 0 Å². The topological polar surface area (TPSA) is 46.4 Å². The van der Waals surface area contributed by atoms with Gasteiger partial charge in [0.1, 0.15) is 0 Å². The molecule has 5 nitrogen and oxygen atoms in total. The van der Waals surface area contributed by atoms with Gasteiger partial charge < -0.3 is 9.47 Å². The largest absolute Gasteiger partial charge is 0.493 e. The standard InChI is InChI=1S/C19H18F3N3O2/c1-26-16-7-6-13(10-17(16)27-2)12-23-18-8-9-25(24-18)15-5-3-4-14(11-15)19(20,21)22/h3-7,10-12H,8-9H2,1-2H3. The Bertz CT molecular complexity index is 879. The van der Waals surface area contributed by atoms with Gasteiger partial charge in [-0.1, -0.05) is 6.07 Å². The molecule has 0 radical (unpaired) electrons. The molecule has 8 heteroatoms. The van der Waals surface area contributed by atoms with Crippen LogP contribution in [0.1, 0.15) is 17.5 Å². The number of amidine groups is 1. The SMILES string of the molecule is COc1ccc(C=NC2=NN(c3cccc(C(F)(F)F)c3)CC2)cc1OC. The lowest BCUT2D eigenvalue weighted by atomic mass is 10.2. The molecule has 2 aromatic rings. The van der Waals surface area contributed by atoms with Gasteiger partial charge in [0.2, 0.25) is 0 Å². The Hall–Kier alpha value is -3.03. The third-order valence-electron chi connectivity index (χ3n) is 4.03. The van der Waals surface area contributed by atoms with Gasteiger partial charge in [0.25, 0.3) is 0 Å². The Balaban J connectivity index is 1.76. The van der Waals surface area contributed by atoms with E-state index in [2.05, 4.69) is 10.1 Å². The molecule has 27 heavy (non-hydrogen) atoms. The maximum atomic E-state index is 12.9. The summed E-state index contributed by atoms with van der Waals surface area (Å²) in [5.41, 5.74) is 0.492. The lowest BCUT2D eigenvalue weighted by Crippen LogP contribution is -2.13. The molecule has 1 heterocycles. The van der Waals surface area contributed by atoms with E-state index < -0.39 is 11.7 Å². The quantitative estimate of drug-likeness (QED) is 0.744. The van der Waals surface area contributed by atoms with E-state index in [1.54, 1.807) is 38.6 Å². The number of methoxy groups -OCH3 is 2. The highest BCUT2D eigenvalue weighted by Crippen LogP contribution is 2.32. The van der Waals surface area contributed by atoms with E-state index in [9.17, 15) is 13.2 Å². The van der Waals surface area contributed by atoms with Crippen molar-refractivity contribution >= 4 is 17.7 Å². The van der Waals surface area contributed by atoms with Gasteiger partial charge in [0.15, 0.2) is 17.3 Å². The average Bonchev–Trinajstić information content (AvgIpc) is 3.14. The Morgan fingerprint density at radius 3 is 2.56 bits per heavy atom. The number of hydrogen-bond donors (Lipinski definition) is 0. The van der Waals surface area contributed by atoms with Gasteiger partial charge in [-0.05, 0) is 42.0 Å². The number of anilines is 1. The zero-order valence-corrected chi connectivity index (χ0v) is 14.8. The second-order valence-electron chi connectivity index (χ2n) is 5.81.